The lowest BCUT2D eigenvalue weighted by Crippen LogP contribution is -2.02. The molecule has 0 fully saturated rings. The number of hydrogen-bond acceptors (Lipinski definition) is 6. The smallest absolute Gasteiger partial charge is 0.327 e. The van der Waals surface area contributed by atoms with Crippen molar-refractivity contribution in [2.24, 2.45) is 0 Å². The summed E-state index contributed by atoms with van der Waals surface area (Å²) in [6, 6.07) is 8.25. The largest absolute Gasteiger partial charge is 0.424 e. The Bertz CT molecular complexity index is 550. The van der Waals surface area contributed by atoms with Crippen LogP contribution in [0.2, 0.25) is 0 Å². The summed E-state index contributed by atoms with van der Waals surface area (Å²) in [5, 5.41) is 3.52. The molecule has 1 N–H and O–H groups in total. The molecule has 0 saturated heterocycles. The fourth-order valence-corrected chi connectivity index (χ4v) is 1.96. The minimum Gasteiger partial charge on any atom is -0.424 e. The Labute approximate surface area is 123 Å². The molecule has 6 heteroatoms. The molecule has 1 aromatic carbocycles. The van der Waals surface area contributed by atoms with Gasteiger partial charge in [-0.1, -0.05) is 37.7 Å². The molecule has 0 aliphatic heterocycles. The van der Waals surface area contributed by atoms with E-state index in [0.717, 1.165) is 5.75 Å². The highest BCUT2D eigenvalue weighted by Gasteiger charge is 2.07. The Morgan fingerprint density at radius 1 is 1.10 bits per heavy atom. The van der Waals surface area contributed by atoms with Gasteiger partial charge in [0.1, 0.15) is 5.75 Å². The number of hydrogen-bond donors (Lipinski definition) is 1. The highest BCUT2D eigenvalue weighted by Crippen LogP contribution is 2.23. The fraction of sp³-hybridized carbons (Fsp3) is 0.357. The maximum Gasteiger partial charge on any atom is 0.327 e. The third kappa shape index (κ3) is 3.60. The van der Waals surface area contributed by atoms with Gasteiger partial charge in [0, 0.05) is 7.05 Å². The molecule has 0 amide bonds. The Morgan fingerprint density at radius 3 is 2.35 bits per heavy atom. The van der Waals surface area contributed by atoms with Gasteiger partial charge in [-0.2, -0.15) is 15.0 Å². The van der Waals surface area contributed by atoms with Crippen LogP contribution in [0.3, 0.4) is 0 Å². The third-order valence-electron chi connectivity index (χ3n) is 2.76. The molecule has 106 valence electrons. The van der Waals surface area contributed by atoms with Crippen molar-refractivity contribution >= 4 is 17.7 Å². The maximum absolute atomic E-state index is 5.68. The second-order valence-corrected chi connectivity index (χ2v) is 5.28. The lowest BCUT2D eigenvalue weighted by Gasteiger charge is -2.08. The summed E-state index contributed by atoms with van der Waals surface area (Å²) in [5.74, 6) is 1.72. The van der Waals surface area contributed by atoms with E-state index in [1.165, 1.54) is 17.3 Å². The normalized spacial score (nSPS) is 10.7. The topological polar surface area (TPSA) is 59.9 Å². The zero-order valence-electron chi connectivity index (χ0n) is 12.0. The highest BCUT2D eigenvalue weighted by atomic mass is 32.2. The number of nitrogens with zero attached hydrogens (tertiary/aromatic N) is 3. The van der Waals surface area contributed by atoms with Gasteiger partial charge in [-0.05, 0) is 29.9 Å². The van der Waals surface area contributed by atoms with Crippen LogP contribution in [0, 0.1) is 0 Å². The number of anilines is 1. The minimum absolute atomic E-state index is 0.297. The molecular formula is C14H18N4OS. The first-order valence-corrected chi connectivity index (χ1v) is 7.60. The molecule has 0 atom stereocenters. The van der Waals surface area contributed by atoms with E-state index in [9.17, 15) is 0 Å². The lowest BCUT2D eigenvalue weighted by molar-refractivity contribution is 0.433. The van der Waals surface area contributed by atoms with E-state index in [2.05, 4.69) is 46.2 Å². The van der Waals surface area contributed by atoms with E-state index in [0.29, 0.717) is 23.0 Å². The van der Waals surface area contributed by atoms with Crippen LogP contribution in [0.5, 0.6) is 11.8 Å². The summed E-state index contributed by atoms with van der Waals surface area (Å²) in [6.07, 6.45) is 1.91. The predicted octanol–water partition coefficient (Wildman–Crippen LogP) is 3.55. The van der Waals surface area contributed by atoms with Crippen LogP contribution in [0.25, 0.3) is 0 Å². The second-order valence-electron chi connectivity index (χ2n) is 4.50. The monoisotopic (exact) mass is 290 g/mol. The van der Waals surface area contributed by atoms with Gasteiger partial charge in [0.25, 0.3) is 0 Å². The van der Waals surface area contributed by atoms with E-state index < -0.39 is 0 Å². The fourth-order valence-electron chi connectivity index (χ4n) is 1.61. The number of nitrogens with one attached hydrogen (secondary N) is 1. The molecule has 0 spiro atoms. The molecule has 2 aromatic rings. The molecule has 0 bridgehead atoms. The highest BCUT2D eigenvalue weighted by molar-refractivity contribution is 7.98. The van der Waals surface area contributed by atoms with Gasteiger partial charge in [-0.3, -0.25) is 0 Å². The quantitative estimate of drug-likeness (QED) is 0.850. The molecule has 20 heavy (non-hydrogen) atoms. The molecular weight excluding hydrogens is 272 g/mol. The average molecular weight is 290 g/mol. The van der Waals surface area contributed by atoms with Crippen molar-refractivity contribution in [1.29, 1.82) is 0 Å². The van der Waals surface area contributed by atoms with Gasteiger partial charge in [0.05, 0.1) is 0 Å². The van der Waals surface area contributed by atoms with Crippen molar-refractivity contribution in [2.75, 3.05) is 18.6 Å². The molecule has 0 radical (unpaired) electrons. The van der Waals surface area contributed by atoms with Gasteiger partial charge in [-0.25, -0.2) is 0 Å². The van der Waals surface area contributed by atoms with Crippen LogP contribution in [-0.4, -0.2) is 28.3 Å². The first-order valence-electron chi connectivity index (χ1n) is 6.38. The summed E-state index contributed by atoms with van der Waals surface area (Å²) in [7, 11) is 1.76. The molecule has 0 saturated carbocycles. The molecule has 5 nitrogen and oxygen atoms in total. The zero-order valence-corrected chi connectivity index (χ0v) is 12.9. The van der Waals surface area contributed by atoms with Crippen molar-refractivity contribution < 1.29 is 4.74 Å². The van der Waals surface area contributed by atoms with E-state index in [1.54, 1.807) is 7.05 Å². The summed E-state index contributed by atoms with van der Waals surface area (Å²) in [6.45, 7) is 4.32. The molecule has 0 aliphatic rings. The minimum atomic E-state index is 0.297. The molecule has 1 heterocycles. The Kier molecular flexibility index (Phi) is 4.79. The van der Waals surface area contributed by atoms with Gasteiger partial charge in [0.15, 0.2) is 5.16 Å². The predicted molar refractivity (Wildman–Crippen MR) is 81.8 cm³/mol. The van der Waals surface area contributed by atoms with Crippen LogP contribution in [0.4, 0.5) is 5.95 Å². The third-order valence-corrected chi connectivity index (χ3v) is 3.30. The van der Waals surface area contributed by atoms with Crippen LogP contribution < -0.4 is 10.1 Å². The van der Waals surface area contributed by atoms with Crippen molar-refractivity contribution in [3.63, 3.8) is 0 Å². The first-order chi connectivity index (χ1) is 9.62. The molecule has 1 aromatic heterocycles. The van der Waals surface area contributed by atoms with E-state index in [4.69, 9.17) is 4.74 Å². The van der Waals surface area contributed by atoms with Crippen molar-refractivity contribution in [2.45, 2.75) is 24.9 Å². The number of aromatic nitrogens is 3. The van der Waals surface area contributed by atoms with Crippen LogP contribution in [-0.2, 0) is 0 Å². The Hall–Kier alpha value is -1.82. The number of ether oxygens (including phenoxy) is 1. The summed E-state index contributed by atoms with van der Waals surface area (Å²) in [4.78, 5) is 12.6. The van der Waals surface area contributed by atoms with E-state index in [1.807, 2.05) is 18.4 Å². The summed E-state index contributed by atoms with van der Waals surface area (Å²) >= 11 is 1.45. The van der Waals surface area contributed by atoms with Crippen molar-refractivity contribution in [3.05, 3.63) is 29.8 Å². The maximum atomic E-state index is 5.68. The van der Waals surface area contributed by atoms with Gasteiger partial charge < -0.3 is 10.1 Å². The average Bonchev–Trinajstić information content (AvgIpc) is 2.47. The second kappa shape index (κ2) is 6.56. The number of rotatable bonds is 5. The summed E-state index contributed by atoms with van der Waals surface area (Å²) < 4.78 is 5.68. The number of thioether (sulfide) groups is 1. The van der Waals surface area contributed by atoms with Crippen LogP contribution in [0.1, 0.15) is 25.3 Å². The van der Waals surface area contributed by atoms with Crippen LogP contribution >= 0.6 is 11.8 Å². The van der Waals surface area contributed by atoms with Crippen LogP contribution in [0.15, 0.2) is 29.4 Å². The van der Waals surface area contributed by atoms with Gasteiger partial charge in [-0.15, -0.1) is 0 Å². The SMILES string of the molecule is CNc1nc(Oc2ccc(C(C)C)cc2)nc(SC)n1. The Morgan fingerprint density at radius 2 is 1.80 bits per heavy atom. The molecule has 0 unspecified atom stereocenters. The summed E-state index contributed by atoms with van der Waals surface area (Å²) in [5.41, 5.74) is 1.27. The first kappa shape index (κ1) is 14.6. The molecule has 2 rings (SSSR count). The molecule has 0 aliphatic carbocycles. The Balaban J connectivity index is 2.20. The standard InChI is InChI=1S/C14H18N4OS/c1-9(2)10-5-7-11(8-6-10)19-13-16-12(15-3)17-14(18-13)20-4/h5-9H,1-4H3,(H,15,16,17,18). The van der Waals surface area contributed by atoms with Gasteiger partial charge in [0.2, 0.25) is 5.95 Å². The van der Waals surface area contributed by atoms with E-state index in [-0.39, 0.29) is 0 Å². The van der Waals surface area contributed by atoms with Gasteiger partial charge >= 0.3 is 6.01 Å². The van der Waals surface area contributed by atoms with E-state index >= 15 is 0 Å². The zero-order chi connectivity index (χ0) is 14.5. The van der Waals surface area contributed by atoms with Crippen molar-refractivity contribution in [3.8, 4) is 11.8 Å². The van der Waals surface area contributed by atoms with Crippen molar-refractivity contribution in [1.82, 2.24) is 15.0 Å². The number of benzene rings is 1. The lowest BCUT2D eigenvalue weighted by atomic mass is 10.0.